The van der Waals surface area contributed by atoms with Gasteiger partial charge in [0.05, 0.1) is 0 Å². The first-order valence-corrected chi connectivity index (χ1v) is 5.43. The molecule has 1 aliphatic rings. The number of amides is 3. The van der Waals surface area contributed by atoms with Crippen LogP contribution >= 0.6 is 0 Å². The Balaban J connectivity index is 2.26. The van der Waals surface area contributed by atoms with Gasteiger partial charge in [-0.2, -0.15) is 5.26 Å². The van der Waals surface area contributed by atoms with Crippen LogP contribution in [0, 0.1) is 11.3 Å². The lowest BCUT2D eigenvalue weighted by Crippen LogP contribution is -2.43. The number of imide groups is 1. The van der Waals surface area contributed by atoms with Crippen molar-refractivity contribution in [2.45, 2.75) is 25.9 Å². The first kappa shape index (κ1) is 12.0. The largest absolute Gasteiger partial charge is 0.325 e. The Bertz CT molecular complexity index is 559. The standard InChI is InChI=1S/C12H12N4O2/c1-12(2)10(17)15-11(18)16(12)7-8-3-4-14-9(5-8)6-13/h3-5H,7H2,1-2H3,(H,15,17,18). The van der Waals surface area contributed by atoms with Crippen LogP contribution in [0.3, 0.4) is 0 Å². The number of hydrogen-bond donors (Lipinski definition) is 1. The van der Waals surface area contributed by atoms with E-state index >= 15 is 0 Å². The molecule has 1 fully saturated rings. The number of carbonyl (C=O) groups excluding carboxylic acids is 2. The third-order valence-corrected chi connectivity index (χ3v) is 2.98. The van der Waals surface area contributed by atoms with Crippen LogP contribution in [0.2, 0.25) is 0 Å². The Hall–Kier alpha value is -2.42. The molecule has 0 aliphatic carbocycles. The second kappa shape index (κ2) is 4.11. The lowest BCUT2D eigenvalue weighted by atomic mass is 10.0. The molecule has 18 heavy (non-hydrogen) atoms. The molecule has 3 amide bonds. The van der Waals surface area contributed by atoms with Crippen molar-refractivity contribution in [3.63, 3.8) is 0 Å². The first-order valence-electron chi connectivity index (χ1n) is 5.43. The maximum atomic E-state index is 11.7. The van der Waals surface area contributed by atoms with Gasteiger partial charge in [-0.25, -0.2) is 9.78 Å². The van der Waals surface area contributed by atoms with E-state index in [0.29, 0.717) is 0 Å². The fourth-order valence-corrected chi connectivity index (χ4v) is 1.78. The van der Waals surface area contributed by atoms with Crippen molar-refractivity contribution in [2.24, 2.45) is 0 Å². The zero-order valence-corrected chi connectivity index (χ0v) is 10.1. The average Bonchev–Trinajstić information content (AvgIpc) is 2.52. The summed E-state index contributed by atoms with van der Waals surface area (Å²) in [7, 11) is 0. The number of hydrogen-bond acceptors (Lipinski definition) is 4. The van der Waals surface area contributed by atoms with Gasteiger partial charge in [0.1, 0.15) is 17.3 Å². The molecule has 0 atom stereocenters. The van der Waals surface area contributed by atoms with E-state index in [1.807, 2.05) is 6.07 Å². The van der Waals surface area contributed by atoms with Crippen LogP contribution in [0.15, 0.2) is 18.3 Å². The molecule has 6 heteroatoms. The minimum absolute atomic E-state index is 0.266. The monoisotopic (exact) mass is 244 g/mol. The molecule has 0 saturated carbocycles. The van der Waals surface area contributed by atoms with Gasteiger partial charge in [-0.3, -0.25) is 10.1 Å². The predicted octanol–water partition coefficient (Wildman–Crippen LogP) is 0.784. The molecule has 0 spiro atoms. The Kier molecular flexibility index (Phi) is 2.75. The fourth-order valence-electron chi connectivity index (χ4n) is 1.78. The Labute approximate surface area is 104 Å². The molecule has 1 aromatic rings. The highest BCUT2D eigenvalue weighted by Gasteiger charge is 2.45. The fraction of sp³-hybridized carbons (Fsp3) is 0.333. The normalized spacial score (nSPS) is 17.5. The number of rotatable bonds is 2. The molecular weight excluding hydrogens is 232 g/mol. The summed E-state index contributed by atoms with van der Waals surface area (Å²) in [5.74, 6) is -0.318. The number of carbonyl (C=O) groups is 2. The molecule has 0 unspecified atom stereocenters. The molecule has 1 saturated heterocycles. The highest BCUT2D eigenvalue weighted by molar-refractivity contribution is 6.06. The maximum absolute atomic E-state index is 11.7. The van der Waals surface area contributed by atoms with E-state index in [0.717, 1.165) is 5.56 Å². The molecule has 0 radical (unpaired) electrons. The minimum atomic E-state index is -0.882. The molecule has 2 heterocycles. The van der Waals surface area contributed by atoms with E-state index in [2.05, 4.69) is 10.3 Å². The minimum Gasteiger partial charge on any atom is -0.306 e. The molecule has 6 nitrogen and oxygen atoms in total. The first-order chi connectivity index (χ1) is 8.45. The molecule has 0 bridgehead atoms. The van der Waals surface area contributed by atoms with Crippen LogP contribution in [0.1, 0.15) is 25.1 Å². The number of pyridine rings is 1. The van der Waals surface area contributed by atoms with Crippen molar-refractivity contribution in [1.82, 2.24) is 15.2 Å². The number of nitrogens with zero attached hydrogens (tertiary/aromatic N) is 3. The topological polar surface area (TPSA) is 86.1 Å². The van der Waals surface area contributed by atoms with E-state index in [9.17, 15) is 9.59 Å². The van der Waals surface area contributed by atoms with Crippen molar-refractivity contribution >= 4 is 11.9 Å². The summed E-state index contributed by atoms with van der Waals surface area (Å²) in [6, 6.07) is 4.84. The molecule has 1 aliphatic heterocycles. The third-order valence-electron chi connectivity index (χ3n) is 2.98. The van der Waals surface area contributed by atoms with E-state index < -0.39 is 11.6 Å². The van der Waals surface area contributed by atoms with Crippen molar-refractivity contribution < 1.29 is 9.59 Å². The SMILES string of the molecule is CC1(C)C(=O)NC(=O)N1Cc1ccnc(C#N)c1. The van der Waals surface area contributed by atoms with Crippen LogP contribution in [0.25, 0.3) is 0 Å². The van der Waals surface area contributed by atoms with Gasteiger partial charge in [-0.15, -0.1) is 0 Å². The van der Waals surface area contributed by atoms with Crippen LogP contribution < -0.4 is 5.32 Å². The zero-order chi connectivity index (χ0) is 13.3. The van der Waals surface area contributed by atoms with Gasteiger partial charge in [0.15, 0.2) is 0 Å². The summed E-state index contributed by atoms with van der Waals surface area (Å²) in [6.45, 7) is 3.63. The second-order valence-electron chi connectivity index (χ2n) is 4.57. The summed E-state index contributed by atoms with van der Waals surface area (Å²) in [5.41, 5.74) is 0.170. The third kappa shape index (κ3) is 1.91. The Morgan fingerprint density at radius 3 is 2.78 bits per heavy atom. The van der Waals surface area contributed by atoms with E-state index in [1.54, 1.807) is 26.0 Å². The predicted molar refractivity (Wildman–Crippen MR) is 62.1 cm³/mol. The molecule has 1 aromatic heterocycles. The number of aromatic nitrogens is 1. The molecular formula is C12H12N4O2. The molecule has 92 valence electrons. The highest BCUT2D eigenvalue weighted by Crippen LogP contribution is 2.23. The Morgan fingerprint density at radius 1 is 1.50 bits per heavy atom. The smallest absolute Gasteiger partial charge is 0.306 e. The number of nitriles is 1. The van der Waals surface area contributed by atoms with Crippen LogP contribution in [-0.4, -0.2) is 27.4 Å². The van der Waals surface area contributed by atoms with E-state index in [1.165, 1.54) is 11.1 Å². The van der Waals surface area contributed by atoms with Crippen LogP contribution in [-0.2, 0) is 11.3 Å². The van der Waals surface area contributed by atoms with Gasteiger partial charge in [0.25, 0.3) is 5.91 Å². The summed E-state index contributed by atoms with van der Waals surface area (Å²) in [6.07, 6.45) is 1.51. The van der Waals surface area contributed by atoms with Gasteiger partial charge < -0.3 is 4.90 Å². The van der Waals surface area contributed by atoms with Crippen LogP contribution in [0.4, 0.5) is 4.79 Å². The van der Waals surface area contributed by atoms with E-state index in [-0.39, 0.29) is 18.1 Å². The van der Waals surface area contributed by atoms with E-state index in [4.69, 9.17) is 5.26 Å². The van der Waals surface area contributed by atoms with Gasteiger partial charge in [-0.05, 0) is 31.5 Å². The quantitative estimate of drug-likeness (QED) is 0.779. The highest BCUT2D eigenvalue weighted by atomic mass is 16.2. The summed E-state index contributed by atoms with van der Waals surface area (Å²) in [4.78, 5) is 28.6. The lowest BCUT2D eigenvalue weighted by molar-refractivity contribution is -0.125. The zero-order valence-electron chi connectivity index (χ0n) is 10.1. The summed E-state index contributed by atoms with van der Waals surface area (Å²) < 4.78 is 0. The Morgan fingerprint density at radius 2 is 2.22 bits per heavy atom. The number of nitrogens with one attached hydrogen (secondary N) is 1. The van der Waals surface area contributed by atoms with Gasteiger partial charge in [-0.1, -0.05) is 0 Å². The van der Waals surface area contributed by atoms with Gasteiger partial charge in [0, 0.05) is 12.7 Å². The van der Waals surface area contributed by atoms with Crippen molar-refractivity contribution in [3.8, 4) is 6.07 Å². The lowest BCUT2D eigenvalue weighted by Gasteiger charge is -2.27. The average molecular weight is 244 g/mol. The van der Waals surface area contributed by atoms with Crippen molar-refractivity contribution in [1.29, 1.82) is 5.26 Å². The number of urea groups is 1. The van der Waals surface area contributed by atoms with Crippen molar-refractivity contribution in [2.75, 3.05) is 0 Å². The van der Waals surface area contributed by atoms with Gasteiger partial charge >= 0.3 is 6.03 Å². The van der Waals surface area contributed by atoms with Gasteiger partial charge in [0.2, 0.25) is 0 Å². The molecule has 1 N–H and O–H groups in total. The van der Waals surface area contributed by atoms with Crippen molar-refractivity contribution in [3.05, 3.63) is 29.6 Å². The summed E-state index contributed by atoms with van der Waals surface area (Å²) in [5, 5.41) is 11.0. The maximum Gasteiger partial charge on any atom is 0.325 e. The molecule has 0 aromatic carbocycles. The second-order valence-corrected chi connectivity index (χ2v) is 4.57. The molecule has 2 rings (SSSR count). The van der Waals surface area contributed by atoms with Crippen LogP contribution in [0.5, 0.6) is 0 Å². The summed E-state index contributed by atoms with van der Waals surface area (Å²) >= 11 is 0.